The first-order chi connectivity index (χ1) is 5.72. The highest BCUT2D eigenvalue weighted by molar-refractivity contribution is 5.83. The molecule has 0 saturated heterocycles. The standard InChI is InChI=1S/C9H12O3/c1-12-9(11)5-3-7-2-4-8(10)6-7/h3,5,7H,2,4,6H2,1H3/b5-3+. The summed E-state index contributed by atoms with van der Waals surface area (Å²) in [5, 5.41) is 0. The topological polar surface area (TPSA) is 43.4 Å². The third-order valence-electron chi connectivity index (χ3n) is 1.99. The molecule has 0 aromatic heterocycles. The summed E-state index contributed by atoms with van der Waals surface area (Å²) in [6.45, 7) is 0. The molecule has 3 nitrogen and oxygen atoms in total. The monoisotopic (exact) mass is 168 g/mol. The van der Waals surface area contributed by atoms with Crippen molar-refractivity contribution in [3.63, 3.8) is 0 Å². The lowest BCUT2D eigenvalue weighted by molar-refractivity contribution is -0.134. The lowest BCUT2D eigenvalue weighted by Gasteiger charge is -1.97. The van der Waals surface area contributed by atoms with Crippen molar-refractivity contribution in [2.45, 2.75) is 19.3 Å². The molecule has 0 heterocycles. The van der Waals surface area contributed by atoms with Crippen LogP contribution in [-0.2, 0) is 14.3 Å². The van der Waals surface area contributed by atoms with Crippen molar-refractivity contribution in [1.29, 1.82) is 0 Å². The highest BCUT2D eigenvalue weighted by atomic mass is 16.5. The van der Waals surface area contributed by atoms with E-state index in [1.165, 1.54) is 13.2 Å². The van der Waals surface area contributed by atoms with Gasteiger partial charge in [-0.3, -0.25) is 4.79 Å². The zero-order valence-electron chi connectivity index (χ0n) is 7.08. The van der Waals surface area contributed by atoms with E-state index in [4.69, 9.17) is 0 Å². The van der Waals surface area contributed by atoms with Gasteiger partial charge >= 0.3 is 5.97 Å². The number of hydrogen-bond acceptors (Lipinski definition) is 3. The fourth-order valence-corrected chi connectivity index (χ4v) is 1.29. The molecule has 0 spiro atoms. The van der Waals surface area contributed by atoms with Crippen molar-refractivity contribution in [3.8, 4) is 0 Å². The maximum absolute atomic E-state index is 10.8. The summed E-state index contributed by atoms with van der Waals surface area (Å²) in [6.07, 6.45) is 5.25. The van der Waals surface area contributed by atoms with E-state index in [9.17, 15) is 9.59 Å². The molecule has 0 N–H and O–H groups in total. The Labute approximate surface area is 71.4 Å². The minimum absolute atomic E-state index is 0.247. The second kappa shape index (κ2) is 4.04. The van der Waals surface area contributed by atoms with Crippen LogP contribution in [0.25, 0.3) is 0 Å². The summed E-state index contributed by atoms with van der Waals surface area (Å²) in [7, 11) is 1.34. The molecule has 1 atom stereocenters. The van der Waals surface area contributed by atoms with E-state index >= 15 is 0 Å². The Morgan fingerprint density at radius 3 is 2.92 bits per heavy atom. The van der Waals surface area contributed by atoms with Crippen LogP contribution in [0.3, 0.4) is 0 Å². The average Bonchev–Trinajstić information content (AvgIpc) is 2.47. The van der Waals surface area contributed by atoms with Crippen LogP contribution in [0.1, 0.15) is 19.3 Å². The Morgan fingerprint density at radius 2 is 2.42 bits per heavy atom. The molecule has 0 aromatic rings. The summed E-state index contributed by atoms with van der Waals surface area (Å²) in [5.74, 6) is 0.181. The Kier molecular flexibility index (Phi) is 3.02. The van der Waals surface area contributed by atoms with Gasteiger partial charge in [-0.25, -0.2) is 4.79 Å². The van der Waals surface area contributed by atoms with Gasteiger partial charge in [-0.2, -0.15) is 0 Å². The van der Waals surface area contributed by atoms with Gasteiger partial charge in [-0.15, -0.1) is 0 Å². The van der Waals surface area contributed by atoms with Crippen molar-refractivity contribution in [2.75, 3.05) is 7.11 Å². The Balaban J connectivity index is 2.36. The number of carbonyl (C=O) groups excluding carboxylic acids is 2. The first-order valence-electron chi connectivity index (χ1n) is 4.00. The molecule has 66 valence electrons. The summed E-state index contributed by atoms with van der Waals surface area (Å²) in [4.78, 5) is 21.5. The number of allylic oxidation sites excluding steroid dienone is 1. The van der Waals surface area contributed by atoms with E-state index in [2.05, 4.69) is 4.74 Å². The molecular weight excluding hydrogens is 156 g/mol. The van der Waals surface area contributed by atoms with Gasteiger partial charge in [0.05, 0.1) is 7.11 Å². The summed E-state index contributed by atoms with van der Waals surface area (Å²) >= 11 is 0. The van der Waals surface area contributed by atoms with Crippen LogP contribution in [0, 0.1) is 5.92 Å². The van der Waals surface area contributed by atoms with Crippen molar-refractivity contribution in [3.05, 3.63) is 12.2 Å². The van der Waals surface area contributed by atoms with Crippen molar-refractivity contribution in [2.24, 2.45) is 5.92 Å². The van der Waals surface area contributed by atoms with Crippen molar-refractivity contribution < 1.29 is 14.3 Å². The van der Waals surface area contributed by atoms with Crippen LogP contribution >= 0.6 is 0 Å². The number of carbonyl (C=O) groups is 2. The van der Waals surface area contributed by atoms with Crippen LogP contribution < -0.4 is 0 Å². The van der Waals surface area contributed by atoms with Crippen LogP contribution in [0.5, 0.6) is 0 Å². The van der Waals surface area contributed by atoms with Gasteiger partial charge in [0.1, 0.15) is 5.78 Å². The van der Waals surface area contributed by atoms with E-state index in [0.29, 0.717) is 12.8 Å². The highest BCUT2D eigenvalue weighted by Crippen LogP contribution is 2.22. The third-order valence-corrected chi connectivity index (χ3v) is 1.99. The van der Waals surface area contributed by atoms with Gasteiger partial charge in [0.15, 0.2) is 0 Å². The number of ketones is 1. The Morgan fingerprint density at radius 1 is 1.67 bits per heavy atom. The number of Topliss-reactive ketones (excluding diaryl/α,β-unsaturated/α-hetero) is 1. The fourth-order valence-electron chi connectivity index (χ4n) is 1.29. The van der Waals surface area contributed by atoms with Crippen molar-refractivity contribution in [1.82, 2.24) is 0 Å². The normalized spacial score (nSPS) is 23.4. The molecule has 1 saturated carbocycles. The van der Waals surface area contributed by atoms with Gasteiger partial charge in [-0.05, 0) is 12.3 Å². The molecule has 12 heavy (non-hydrogen) atoms. The highest BCUT2D eigenvalue weighted by Gasteiger charge is 2.19. The first kappa shape index (κ1) is 8.97. The van der Waals surface area contributed by atoms with Crippen LogP contribution in [0.4, 0.5) is 0 Å². The molecule has 0 aromatic carbocycles. The lowest BCUT2D eigenvalue weighted by Crippen LogP contribution is -1.96. The first-order valence-corrected chi connectivity index (χ1v) is 4.00. The number of methoxy groups -OCH3 is 1. The summed E-state index contributed by atoms with van der Waals surface area (Å²) < 4.78 is 4.43. The van der Waals surface area contributed by atoms with E-state index in [-0.39, 0.29) is 17.7 Å². The molecule has 1 unspecified atom stereocenters. The second-order valence-electron chi connectivity index (χ2n) is 2.92. The molecule has 0 aliphatic heterocycles. The summed E-state index contributed by atoms with van der Waals surface area (Å²) in [6, 6.07) is 0. The number of rotatable bonds is 2. The zero-order valence-corrected chi connectivity index (χ0v) is 7.08. The van der Waals surface area contributed by atoms with Gasteiger partial charge in [-0.1, -0.05) is 6.08 Å². The number of ether oxygens (including phenoxy) is 1. The lowest BCUT2D eigenvalue weighted by atomic mass is 10.1. The van der Waals surface area contributed by atoms with Crippen LogP contribution in [-0.4, -0.2) is 18.9 Å². The average molecular weight is 168 g/mol. The zero-order chi connectivity index (χ0) is 8.97. The van der Waals surface area contributed by atoms with E-state index < -0.39 is 0 Å². The minimum Gasteiger partial charge on any atom is -0.466 e. The molecule has 1 rings (SSSR count). The quantitative estimate of drug-likeness (QED) is 0.458. The van der Waals surface area contributed by atoms with E-state index in [1.54, 1.807) is 6.08 Å². The molecule has 0 amide bonds. The number of esters is 1. The molecular formula is C9H12O3. The van der Waals surface area contributed by atoms with Gasteiger partial charge < -0.3 is 4.74 Å². The maximum Gasteiger partial charge on any atom is 0.330 e. The molecule has 1 fully saturated rings. The fraction of sp³-hybridized carbons (Fsp3) is 0.556. The SMILES string of the molecule is COC(=O)/C=C/C1CCC(=O)C1. The predicted molar refractivity (Wildman–Crippen MR) is 43.5 cm³/mol. The van der Waals surface area contributed by atoms with E-state index in [1.807, 2.05) is 0 Å². The number of hydrogen-bond donors (Lipinski definition) is 0. The molecule has 1 aliphatic carbocycles. The second-order valence-corrected chi connectivity index (χ2v) is 2.92. The summed E-state index contributed by atoms with van der Waals surface area (Å²) in [5.41, 5.74) is 0. The van der Waals surface area contributed by atoms with Gasteiger partial charge in [0.25, 0.3) is 0 Å². The Bertz CT molecular complexity index is 218. The molecule has 0 radical (unpaired) electrons. The van der Waals surface area contributed by atoms with E-state index in [0.717, 1.165) is 6.42 Å². The molecule has 1 aliphatic rings. The van der Waals surface area contributed by atoms with Crippen LogP contribution in [0.15, 0.2) is 12.2 Å². The van der Waals surface area contributed by atoms with Gasteiger partial charge in [0.2, 0.25) is 0 Å². The minimum atomic E-state index is -0.352. The Hall–Kier alpha value is -1.12. The maximum atomic E-state index is 10.8. The van der Waals surface area contributed by atoms with Gasteiger partial charge in [0, 0.05) is 18.9 Å². The largest absolute Gasteiger partial charge is 0.466 e. The smallest absolute Gasteiger partial charge is 0.330 e. The molecule has 3 heteroatoms. The third kappa shape index (κ3) is 2.49. The van der Waals surface area contributed by atoms with Crippen molar-refractivity contribution >= 4 is 11.8 Å². The van der Waals surface area contributed by atoms with Crippen LogP contribution in [0.2, 0.25) is 0 Å². The molecule has 0 bridgehead atoms. The predicted octanol–water partition coefficient (Wildman–Crippen LogP) is 1.08.